The lowest BCUT2D eigenvalue weighted by molar-refractivity contribution is -0.131. The van der Waals surface area contributed by atoms with Gasteiger partial charge in [-0.05, 0) is 57.6 Å². The number of nitrogens with zero attached hydrogens (tertiary/aromatic N) is 1. The zero-order valence-electron chi connectivity index (χ0n) is 16.2. The second kappa shape index (κ2) is 9.51. The van der Waals surface area contributed by atoms with Crippen LogP contribution in [-0.4, -0.2) is 17.4 Å². The smallest absolute Gasteiger partial charge is 0.219 e. The van der Waals surface area contributed by atoms with Gasteiger partial charge in [0.05, 0.1) is 12.8 Å². The Morgan fingerprint density at radius 3 is 2.46 bits per heavy atom. The molecule has 0 unspecified atom stereocenters. The molecule has 0 aliphatic heterocycles. The summed E-state index contributed by atoms with van der Waals surface area (Å²) in [5, 5.41) is 0. The molecule has 0 N–H and O–H groups in total. The molecule has 0 aliphatic carbocycles. The second-order valence-corrected chi connectivity index (χ2v) is 7.69. The molecule has 1 amide bonds. The Morgan fingerprint density at radius 1 is 1.21 bits per heavy atom. The molecule has 0 saturated heterocycles. The van der Waals surface area contributed by atoms with Gasteiger partial charge in [0.15, 0.2) is 0 Å². The molecule has 0 atom stereocenters. The van der Waals surface area contributed by atoms with Crippen LogP contribution in [0.4, 0.5) is 0 Å². The van der Waals surface area contributed by atoms with E-state index in [0.717, 1.165) is 31.6 Å². The first kappa shape index (κ1) is 20.3. The zero-order chi connectivity index (χ0) is 18.2. The molecule has 0 aromatic carbocycles. The van der Waals surface area contributed by atoms with Crippen molar-refractivity contribution in [3.8, 4) is 0 Å². The monoisotopic (exact) mass is 331 g/mol. The van der Waals surface area contributed by atoms with Crippen molar-refractivity contribution < 1.29 is 9.21 Å². The van der Waals surface area contributed by atoms with Gasteiger partial charge in [-0.25, -0.2) is 0 Å². The van der Waals surface area contributed by atoms with Crippen molar-refractivity contribution in [2.75, 3.05) is 6.54 Å². The Morgan fingerprint density at radius 2 is 1.92 bits per heavy atom. The van der Waals surface area contributed by atoms with Gasteiger partial charge in [-0.3, -0.25) is 4.79 Å². The van der Waals surface area contributed by atoms with Crippen LogP contribution in [0.15, 0.2) is 46.1 Å². The number of hydrogen-bond donors (Lipinski definition) is 0. The molecule has 0 saturated carbocycles. The van der Waals surface area contributed by atoms with Crippen LogP contribution in [0.25, 0.3) is 0 Å². The van der Waals surface area contributed by atoms with Gasteiger partial charge in [-0.2, -0.15) is 0 Å². The predicted molar refractivity (Wildman–Crippen MR) is 101 cm³/mol. The van der Waals surface area contributed by atoms with Crippen molar-refractivity contribution >= 4 is 5.91 Å². The first-order chi connectivity index (χ1) is 11.2. The summed E-state index contributed by atoms with van der Waals surface area (Å²) in [5.74, 6) is 0.915. The van der Waals surface area contributed by atoms with Gasteiger partial charge >= 0.3 is 0 Å². The molecule has 3 nitrogen and oxygen atoms in total. The van der Waals surface area contributed by atoms with Gasteiger partial charge in [0.2, 0.25) is 5.91 Å². The number of furan rings is 1. The highest BCUT2D eigenvalue weighted by molar-refractivity contribution is 5.73. The number of amides is 1. The van der Waals surface area contributed by atoms with Gasteiger partial charge in [-0.1, -0.05) is 37.1 Å². The minimum absolute atomic E-state index is 0.0377. The maximum absolute atomic E-state index is 12.0. The lowest BCUT2D eigenvalue weighted by Crippen LogP contribution is -2.36. The first-order valence-electron chi connectivity index (χ1n) is 8.76. The summed E-state index contributed by atoms with van der Waals surface area (Å²) >= 11 is 0. The van der Waals surface area contributed by atoms with Crippen molar-refractivity contribution in [3.05, 3.63) is 47.5 Å². The summed E-state index contributed by atoms with van der Waals surface area (Å²) in [5.41, 5.74) is 2.83. The molecule has 0 bridgehead atoms. The third kappa shape index (κ3) is 8.19. The highest BCUT2D eigenvalue weighted by Gasteiger charge is 2.23. The fraction of sp³-hybridized carbons (Fsp3) is 0.571. The van der Waals surface area contributed by atoms with Crippen LogP contribution in [0.3, 0.4) is 0 Å². The molecule has 1 rings (SSSR count). The predicted octanol–water partition coefficient (Wildman–Crippen LogP) is 5.74. The number of rotatable bonds is 9. The molecular formula is C21H33NO2. The summed E-state index contributed by atoms with van der Waals surface area (Å²) in [6, 6.07) is 3.77. The fourth-order valence-electron chi connectivity index (χ4n) is 2.59. The van der Waals surface area contributed by atoms with E-state index in [2.05, 4.69) is 46.8 Å². The van der Waals surface area contributed by atoms with E-state index in [4.69, 9.17) is 4.42 Å². The third-order valence-corrected chi connectivity index (χ3v) is 4.09. The third-order valence-electron chi connectivity index (χ3n) is 4.09. The van der Waals surface area contributed by atoms with Crippen molar-refractivity contribution in [3.63, 3.8) is 0 Å². The topological polar surface area (TPSA) is 33.5 Å². The maximum atomic E-state index is 12.0. The number of carbonyl (C=O) groups is 1. The Balaban J connectivity index is 2.58. The van der Waals surface area contributed by atoms with Crippen molar-refractivity contribution in [2.45, 2.75) is 67.3 Å². The molecule has 1 aromatic heterocycles. The van der Waals surface area contributed by atoms with E-state index in [1.54, 1.807) is 13.2 Å². The molecule has 0 fully saturated rings. The number of hydrogen-bond acceptors (Lipinski definition) is 2. The second-order valence-electron chi connectivity index (χ2n) is 7.69. The largest absolute Gasteiger partial charge is 0.467 e. The zero-order valence-corrected chi connectivity index (χ0v) is 16.2. The molecule has 0 radical (unpaired) electrons. The van der Waals surface area contributed by atoms with Gasteiger partial charge < -0.3 is 9.32 Å². The van der Waals surface area contributed by atoms with E-state index < -0.39 is 0 Å². The number of allylic oxidation sites excluding steroid dienone is 4. The summed E-state index contributed by atoms with van der Waals surface area (Å²) in [6.45, 7) is 13.8. The van der Waals surface area contributed by atoms with Crippen molar-refractivity contribution in [1.29, 1.82) is 0 Å². The summed E-state index contributed by atoms with van der Waals surface area (Å²) in [4.78, 5) is 13.8. The molecule has 0 aliphatic rings. The standard InChI is InChI=1S/C21H33NO2/c1-17(2)9-7-10-18(3)12-13-21(5,6)16-22(19(4)23)15-20-11-8-14-24-20/h8-9,11-12,14H,7,10,13,15-16H2,1-6H3. The molecule has 134 valence electrons. The van der Waals surface area contributed by atoms with Gasteiger partial charge in [0.25, 0.3) is 0 Å². The van der Waals surface area contributed by atoms with Crippen LogP contribution in [0.5, 0.6) is 0 Å². The lowest BCUT2D eigenvalue weighted by atomic mass is 9.87. The molecule has 3 heteroatoms. The average Bonchev–Trinajstić information content (AvgIpc) is 2.97. The van der Waals surface area contributed by atoms with Crippen molar-refractivity contribution in [2.24, 2.45) is 5.41 Å². The quantitative estimate of drug-likeness (QED) is 0.541. The Bertz CT molecular complexity index is 561. The Labute approximate surface area is 147 Å². The SMILES string of the molecule is CC(=O)N(Cc1ccco1)CC(C)(C)CC=C(C)CCC=C(C)C. The van der Waals surface area contributed by atoms with Gasteiger partial charge in [0, 0.05) is 13.5 Å². The first-order valence-corrected chi connectivity index (χ1v) is 8.76. The summed E-state index contributed by atoms with van der Waals surface area (Å²) in [7, 11) is 0. The fourth-order valence-corrected chi connectivity index (χ4v) is 2.59. The van der Waals surface area contributed by atoms with Crippen molar-refractivity contribution in [1.82, 2.24) is 4.90 Å². The van der Waals surface area contributed by atoms with E-state index in [-0.39, 0.29) is 11.3 Å². The van der Waals surface area contributed by atoms with Crippen LogP contribution >= 0.6 is 0 Å². The van der Waals surface area contributed by atoms with E-state index in [9.17, 15) is 4.79 Å². The molecule has 0 spiro atoms. The molecule has 1 aromatic rings. The minimum Gasteiger partial charge on any atom is -0.467 e. The van der Waals surface area contributed by atoms with E-state index in [1.807, 2.05) is 17.0 Å². The Hall–Kier alpha value is -1.77. The van der Waals surface area contributed by atoms with E-state index in [1.165, 1.54) is 11.1 Å². The molecule has 24 heavy (non-hydrogen) atoms. The van der Waals surface area contributed by atoms with Gasteiger partial charge in [0.1, 0.15) is 5.76 Å². The summed E-state index contributed by atoms with van der Waals surface area (Å²) < 4.78 is 5.38. The number of carbonyl (C=O) groups excluding carboxylic acids is 1. The highest BCUT2D eigenvalue weighted by atomic mass is 16.3. The van der Waals surface area contributed by atoms with Crippen LogP contribution in [0.1, 0.15) is 66.6 Å². The van der Waals surface area contributed by atoms with Gasteiger partial charge in [-0.15, -0.1) is 0 Å². The highest BCUT2D eigenvalue weighted by Crippen LogP contribution is 2.25. The van der Waals surface area contributed by atoms with E-state index >= 15 is 0 Å². The van der Waals surface area contributed by atoms with E-state index in [0.29, 0.717) is 6.54 Å². The molecular weight excluding hydrogens is 298 g/mol. The summed E-state index contributed by atoms with van der Waals surface area (Å²) in [6.07, 6.45) is 9.42. The van der Waals surface area contributed by atoms with Crippen LogP contribution in [0, 0.1) is 5.41 Å². The maximum Gasteiger partial charge on any atom is 0.219 e. The molecule has 1 heterocycles. The van der Waals surface area contributed by atoms with Crippen LogP contribution in [-0.2, 0) is 11.3 Å². The lowest BCUT2D eigenvalue weighted by Gasteiger charge is -2.31. The van der Waals surface area contributed by atoms with Crippen LogP contribution < -0.4 is 0 Å². The Kier molecular flexibility index (Phi) is 8.03. The average molecular weight is 332 g/mol. The minimum atomic E-state index is 0.0377. The van der Waals surface area contributed by atoms with Crippen LogP contribution in [0.2, 0.25) is 0 Å². The normalized spacial score (nSPS) is 12.2.